The largest absolute Gasteiger partial charge is 0.383 e. The van der Waals surface area contributed by atoms with Crippen molar-refractivity contribution in [3.63, 3.8) is 0 Å². The van der Waals surface area contributed by atoms with Crippen LogP contribution in [0.4, 0.5) is 0 Å². The molecule has 0 amide bonds. The molecule has 78 valence electrons. The average molecular weight is 196 g/mol. The molecule has 2 N–H and O–H groups in total. The first-order valence-electron chi connectivity index (χ1n) is 4.42. The number of hydrogen-bond acceptors (Lipinski definition) is 4. The fourth-order valence-corrected chi connectivity index (χ4v) is 1.20. The third-order valence-electron chi connectivity index (χ3n) is 1.79. The first kappa shape index (κ1) is 10.9. The molecule has 0 aromatic carbocycles. The zero-order valence-electron chi connectivity index (χ0n) is 8.60. The lowest BCUT2D eigenvalue weighted by atomic mass is 10.2. The monoisotopic (exact) mass is 196 g/mol. The Balaban J connectivity index is 2.75. The predicted molar refractivity (Wildman–Crippen MR) is 53.6 cm³/mol. The highest BCUT2D eigenvalue weighted by molar-refractivity contribution is 5.03. The van der Waals surface area contributed by atoms with Crippen molar-refractivity contribution in [2.24, 2.45) is 5.73 Å². The molecule has 0 aliphatic carbocycles. The number of hydrogen-bond donors (Lipinski definition) is 1. The molecule has 5 nitrogen and oxygen atoms in total. The quantitative estimate of drug-likeness (QED) is 0.696. The van der Waals surface area contributed by atoms with Gasteiger partial charge in [-0.1, -0.05) is 17.4 Å². The molecule has 1 atom stereocenters. The molecule has 0 aliphatic heterocycles. The van der Waals surface area contributed by atoms with Gasteiger partial charge < -0.3 is 10.5 Å². The summed E-state index contributed by atoms with van der Waals surface area (Å²) in [6.45, 7) is 6.86. The maximum absolute atomic E-state index is 5.87. The van der Waals surface area contributed by atoms with Gasteiger partial charge in [0.1, 0.15) is 0 Å². The van der Waals surface area contributed by atoms with Gasteiger partial charge in [0.15, 0.2) is 0 Å². The van der Waals surface area contributed by atoms with Crippen molar-refractivity contribution in [3.05, 3.63) is 24.0 Å². The Hall–Kier alpha value is -1.20. The minimum atomic E-state index is -0.186. The van der Waals surface area contributed by atoms with Crippen LogP contribution in [0.5, 0.6) is 0 Å². The van der Waals surface area contributed by atoms with E-state index in [1.54, 1.807) is 18.0 Å². The molecular formula is C9H16N4O. The highest BCUT2D eigenvalue weighted by Crippen LogP contribution is 2.09. The van der Waals surface area contributed by atoms with E-state index in [-0.39, 0.29) is 6.04 Å². The summed E-state index contributed by atoms with van der Waals surface area (Å²) in [6.07, 6.45) is 1.66. The van der Waals surface area contributed by atoms with Crippen LogP contribution in [0.1, 0.15) is 18.7 Å². The Morgan fingerprint density at radius 3 is 3.07 bits per heavy atom. The number of ether oxygens (including phenoxy) is 1. The van der Waals surface area contributed by atoms with Crippen molar-refractivity contribution >= 4 is 0 Å². The second-order valence-electron chi connectivity index (χ2n) is 3.34. The molecule has 0 spiro atoms. The van der Waals surface area contributed by atoms with Crippen LogP contribution in [-0.2, 0) is 11.3 Å². The molecular weight excluding hydrogens is 180 g/mol. The van der Waals surface area contributed by atoms with Crippen LogP contribution in [0.15, 0.2) is 18.3 Å². The minimum absolute atomic E-state index is 0.186. The van der Waals surface area contributed by atoms with Gasteiger partial charge in [-0.2, -0.15) is 0 Å². The van der Waals surface area contributed by atoms with Crippen molar-refractivity contribution in [2.75, 3.05) is 13.7 Å². The lowest BCUT2D eigenvalue weighted by Gasteiger charge is -2.11. The van der Waals surface area contributed by atoms with E-state index in [9.17, 15) is 0 Å². The van der Waals surface area contributed by atoms with Crippen LogP contribution >= 0.6 is 0 Å². The van der Waals surface area contributed by atoms with Gasteiger partial charge in [0.25, 0.3) is 0 Å². The summed E-state index contributed by atoms with van der Waals surface area (Å²) in [7, 11) is 1.62. The van der Waals surface area contributed by atoms with E-state index < -0.39 is 0 Å². The molecule has 1 rings (SSSR count). The zero-order valence-corrected chi connectivity index (χ0v) is 8.60. The van der Waals surface area contributed by atoms with Gasteiger partial charge in [0, 0.05) is 7.11 Å². The van der Waals surface area contributed by atoms with Gasteiger partial charge >= 0.3 is 0 Å². The van der Waals surface area contributed by atoms with Crippen LogP contribution in [0.25, 0.3) is 0 Å². The van der Waals surface area contributed by atoms with Gasteiger partial charge in [0.05, 0.1) is 31.1 Å². The topological polar surface area (TPSA) is 66.0 Å². The first-order valence-corrected chi connectivity index (χ1v) is 4.42. The van der Waals surface area contributed by atoms with E-state index in [0.29, 0.717) is 13.2 Å². The smallest absolute Gasteiger partial charge is 0.0781 e. The Morgan fingerprint density at radius 2 is 2.50 bits per heavy atom. The Bertz CT molecular complexity index is 308. The lowest BCUT2D eigenvalue weighted by Crippen LogP contribution is -2.20. The fraction of sp³-hybridized carbons (Fsp3) is 0.556. The van der Waals surface area contributed by atoms with Crippen molar-refractivity contribution in [1.82, 2.24) is 15.0 Å². The Kier molecular flexibility index (Phi) is 3.79. The third kappa shape index (κ3) is 2.65. The van der Waals surface area contributed by atoms with E-state index in [2.05, 4.69) is 16.9 Å². The van der Waals surface area contributed by atoms with Crippen molar-refractivity contribution in [3.8, 4) is 0 Å². The normalized spacial score (nSPS) is 12.8. The summed E-state index contributed by atoms with van der Waals surface area (Å²) in [5, 5.41) is 7.74. The predicted octanol–water partition coefficient (Wildman–Crippen LogP) is 0.500. The number of allylic oxidation sites excluding steroid dienone is 1. The van der Waals surface area contributed by atoms with Crippen LogP contribution in [0, 0.1) is 0 Å². The molecule has 0 bridgehead atoms. The molecule has 0 radical (unpaired) electrons. The summed E-state index contributed by atoms with van der Waals surface area (Å²) >= 11 is 0. The van der Waals surface area contributed by atoms with Crippen LogP contribution in [-0.4, -0.2) is 28.7 Å². The molecule has 1 heterocycles. The van der Waals surface area contributed by atoms with Crippen LogP contribution in [0.2, 0.25) is 0 Å². The number of nitrogens with zero attached hydrogens (tertiary/aromatic N) is 3. The van der Waals surface area contributed by atoms with Crippen molar-refractivity contribution < 1.29 is 4.74 Å². The van der Waals surface area contributed by atoms with Gasteiger partial charge in [-0.3, -0.25) is 0 Å². The summed E-state index contributed by atoms with van der Waals surface area (Å²) in [4.78, 5) is 0. The summed E-state index contributed by atoms with van der Waals surface area (Å²) < 4.78 is 6.71. The van der Waals surface area contributed by atoms with E-state index in [4.69, 9.17) is 10.5 Å². The summed E-state index contributed by atoms with van der Waals surface area (Å²) in [5.74, 6) is 0. The second kappa shape index (κ2) is 4.88. The molecule has 0 aliphatic rings. The third-order valence-corrected chi connectivity index (χ3v) is 1.79. The number of methoxy groups -OCH3 is 1. The molecule has 0 saturated carbocycles. The van der Waals surface area contributed by atoms with Gasteiger partial charge in [0.2, 0.25) is 0 Å². The highest BCUT2D eigenvalue weighted by Gasteiger charge is 2.12. The van der Waals surface area contributed by atoms with Gasteiger partial charge in [-0.05, 0) is 6.92 Å². The van der Waals surface area contributed by atoms with E-state index in [0.717, 1.165) is 11.3 Å². The van der Waals surface area contributed by atoms with Crippen LogP contribution < -0.4 is 5.73 Å². The van der Waals surface area contributed by atoms with E-state index in [1.165, 1.54) is 0 Å². The lowest BCUT2D eigenvalue weighted by molar-refractivity contribution is 0.178. The molecule has 14 heavy (non-hydrogen) atoms. The van der Waals surface area contributed by atoms with Crippen molar-refractivity contribution in [1.29, 1.82) is 0 Å². The molecule has 1 aromatic rings. The fourth-order valence-electron chi connectivity index (χ4n) is 1.20. The van der Waals surface area contributed by atoms with Crippen molar-refractivity contribution in [2.45, 2.75) is 19.5 Å². The molecule has 0 saturated heterocycles. The van der Waals surface area contributed by atoms with Crippen LogP contribution in [0.3, 0.4) is 0 Å². The maximum atomic E-state index is 5.87. The highest BCUT2D eigenvalue weighted by atomic mass is 16.5. The van der Waals surface area contributed by atoms with Gasteiger partial charge in [-0.25, -0.2) is 4.68 Å². The maximum Gasteiger partial charge on any atom is 0.0781 e. The van der Waals surface area contributed by atoms with E-state index in [1.807, 2.05) is 6.92 Å². The van der Waals surface area contributed by atoms with Gasteiger partial charge in [-0.15, -0.1) is 5.10 Å². The molecule has 1 aromatic heterocycles. The average Bonchev–Trinajstić information content (AvgIpc) is 2.51. The standard InChI is InChI=1S/C9H16N4O/c1-7(2)5-13-9(4-11-12-13)8(10)6-14-3/h4,8H,1,5-6,10H2,2-3H3. The molecule has 1 unspecified atom stereocenters. The molecule has 5 heteroatoms. The SMILES string of the molecule is C=C(C)Cn1nncc1C(N)COC. The molecule has 0 fully saturated rings. The Morgan fingerprint density at radius 1 is 1.79 bits per heavy atom. The number of aromatic nitrogens is 3. The minimum Gasteiger partial charge on any atom is -0.383 e. The summed E-state index contributed by atoms with van der Waals surface area (Å²) in [6, 6.07) is -0.186. The second-order valence-corrected chi connectivity index (χ2v) is 3.34. The number of rotatable bonds is 5. The number of nitrogens with two attached hydrogens (primary N) is 1. The van der Waals surface area contributed by atoms with E-state index >= 15 is 0 Å². The zero-order chi connectivity index (χ0) is 10.6. The first-order chi connectivity index (χ1) is 6.65. The Labute approximate surface area is 83.5 Å². The summed E-state index contributed by atoms with van der Waals surface area (Å²) in [5.41, 5.74) is 7.76.